The molecule has 0 radical (unpaired) electrons. The molecule has 2 aromatic carbocycles. The van der Waals surface area contributed by atoms with Gasteiger partial charge in [0, 0.05) is 69.8 Å². The summed E-state index contributed by atoms with van der Waals surface area (Å²) in [5.41, 5.74) is 0.818. The molecule has 166 valence electrons. The lowest BCUT2D eigenvalue weighted by molar-refractivity contribution is -0.385. The molecule has 1 amide bonds. The number of benzene rings is 2. The van der Waals surface area contributed by atoms with Crippen LogP contribution in [0.5, 0.6) is 0 Å². The second-order valence-corrected chi connectivity index (χ2v) is 9.62. The van der Waals surface area contributed by atoms with Gasteiger partial charge in [-0.05, 0) is 11.6 Å². The Morgan fingerprint density at radius 1 is 1.06 bits per heavy atom. The molecule has 0 aliphatic carbocycles. The van der Waals surface area contributed by atoms with E-state index in [4.69, 9.17) is 0 Å². The Morgan fingerprint density at radius 3 is 2.32 bits per heavy atom. The van der Waals surface area contributed by atoms with Crippen LogP contribution in [0.4, 0.5) is 5.69 Å². The highest BCUT2D eigenvalue weighted by Gasteiger charge is 2.20. The van der Waals surface area contributed by atoms with Crippen molar-refractivity contribution >= 4 is 21.4 Å². The first kappa shape index (κ1) is 22.9. The highest BCUT2D eigenvalue weighted by molar-refractivity contribution is 7.90. The third-order valence-electron chi connectivity index (χ3n) is 5.22. The quantitative estimate of drug-likeness (QED) is 0.483. The minimum absolute atomic E-state index is 0.0395. The zero-order valence-corrected chi connectivity index (χ0v) is 18.2. The van der Waals surface area contributed by atoms with Crippen molar-refractivity contribution in [3.8, 4) is 0 Å². The Balaban J connectivity index is 1.49. The van der Waals surface area contributed by atoms with Gasteiger partial charge in [0.1, 0.15) is 0 Å². The summed E-state index contributed by atoms with van der Waals surface area (Å²) in [5.74, 6) is -0.531. The number of sulfone groups is 1. The molecule has 1 N–H and O–H groups in total. The second kappa shape index (κ2) is 9.99. The Labute approximate surface area is 181 Å². The average molecular weight is 447 g/mol. The number of amides is 1. The van der Waals surface area contributed by atoms with Crippen LogP contribution in [0.15, 0.2) is 53.4 Å². The highest BCUT2D eigenvalue weighted by Crippen LogP contribution is 2.21. The van der Waals surface area contributed by atoms with Gasteiger partial charge >= 0.3 is 0 Å². The van der Waals surface area contributed by atoms with Crippen LogP contribution < -0.4 is 5.32 Å². The maximum atomic E-state index is 12.4. The van der Waals surface area contributed by atoms with E-state index in [-0.39, 0.29) is 10.5 Å². The Hall–Kier alpha value is -2.82. The van der Waals surface area contributed by atoms with E-state index in [1.165, 1.54) is 11.6 Å². The summed E-state index contributed by atoms with van der Waals surface area (Å²) in [4.78, 5) is 27.2. The molecule has 0 atom stereocenters. The number of carbonyl (C=O) groups is 1. The molecule has 0 saturated carbocycles. The molecule has 1 saturated heterocycles. The van der Waals surface area contributed by atoms with Gasteiger partial charge in [-0.2, -0.15) is 0 Å². The molecule has 1 aliphatic heterocycles. The summed E-state index contributed by atoms with van der Waals surface area (Å²) in [7, 11) is -3.68. The van der Waals surface area contributed by atoms with Gasteiger partial charge in [-0.1, -0.05) is 30.3 Å². The number of rotatable bonds is 8. The fourth-order valence-corrected chi connectivity index (χ4v) is 4.15. The Morgan fingerprint density at radius 2 is 1.71 bits per heavy atom. The molecule has 10 heteroatoms. The van der Waals surface area contributed by atoms with Gasteiger partial charge in [0.15, 0.2) is 9.84 Å². The molecule has 1 aliphatic rings. The van der Waals surface area contributed by atoms with Gasteiger partial charge in [0.05, 0.1) is 9.82 Å². The van der Waals surface area contributed by atoms with E-state index in [0.29, 0.717) is 13.1 Å². The van der Waals surface area contributed by atoms with Crippen molar-refractivity contribution in [1.82, 2.24) is 15.1 Å². The van der Waals surface area contributed by atoms with Crippen LogP contribution in [-0.2, 0) is 16.4 Å². The number of hydrogen-bond acceptors (Lipinski definition) is 7. The molecule has 0 bridgehead atoms. The van der Waals surface area contributed by atoms with E-state index in [1.54, 1.807) is 0 Å². The largest absolute Gasteiger partial charge is 0.351 e. The number of nitro benzene ring substituents is 1. The first-order chi connectivity index (χ1) is 14.7. The first-order valence-corrected chi connectivity index (χ1v) is 11.9. The zero-order chi connectivity index (χ0) is 22.4. The SMILES string of the molecule is CS(=O)(=O)c1cc(C(=O)NCCN2CCN(Cc3ccccc3)CC2)cc([N+](=O)[O-])c1. The summed E-state index contributed by atoms with van der Waals surface area (Å²) in [6, 6.07) is 13.5. The van der Waals surface area contributed by atoms with Crippen molar-refractivity contribution in [2.24, 2.45) is 0 Å². The lowest BCUT2D eigenvalue weighted by atomic mass is 10.2. The van der Waals surface area contributed by atoms with Crippen LogP contribution in [0, 0.1) is 10.1 Å². The first-order valence-electron chi connectivity index (χ1n) is 9.99. The van der Waals surface area contributed by atoms with Crippen LogP contribution in [-0.4, -0.2) is 74.6 Å². The van der Waals surface area contributed by atoms with Gasteiger partial charge in [0.2, 0.25) is 0 Å². The van der Waals surface area contributed by atoms with Crippen molar-refractivity contribution in [1.29, 1.82) is 0 Å². The predicted molar refractivity (Wildman–Crippen MR) is 117 cm³/mol. The normalized spacial score (nSPS) is 15.5. The van der Waals surface area contributed by atoms with Gasteiger partial charge in [-0.25, -0.2) is 8.42 Å². The molecule has 1 heterocycles. The van der Waals surface area contributed by atoms with Gasteiger partial charge < -0.3 is 5.32 Å². The summed E-state index contributed by atoms with van der Waals surface area (Å²) >= 11 is 0. The minimum atomic E-state index is -3.68. The maximum Gasteiger partial charge on any atom is 0.271 e. The van der Waals surface area contributed by atoms with E-state index in [0.717, 1.165) is 51.1 Å². The van der Waals surface area contributed by atoms with Crippen molar-refractivity contribution < 1.29 is 18.1 Å². The molecular weight excluding hydrogens is 420 g/mol. The van der Waals surface area contributed by atoms with Crippen LogP contribution in [0.1, 0.15) is 15.9 Å². The fraction of sp³-hybridized carbons (Fsp3) is 0.381. The van der Waals surface area contributed by atoms with E-state index < -0.39 is 26.4 Å². The number of non-ortho nitro benzene ring substituents is 1. The van der Waals surface area contributed by atoms with Crippen LogP contribution in [0.3, 0.4) is 0 Å². The van der Waals surface area contributed by atoms with Crippen molar-refractivity contribution in [3.05, 3.63) is 69.8 Å². The average Bonchev–Trinajstić information content (AvgIpc) is 2.74. The van der Waals surface area contributed by atoms with Crippen LogP contribution in [0.25, 0.3) is 0 Å². The molecule has 0 aromatic heterocycles. The number of hydrogen-bond donors (Lipinski definition) is 1. The summed E-state index contributed by atoms with van der Waals surface area (Å²) < 4.78 is 23.6. The smallest absolute Gasteiger partial charge is 0.271 e. The van der Waals surface area contributed by atoms with E-state index >= 15 is 0 Å². The number of carbonyl (C=O) groups excluding carboxylic acids is 1. The lowest BCUT2D eigenvalue weighted by Gasteiger charge is -2.34. The standard InChI is InChI=1S/C21H26N4O5S/c1-31(29,30)20-14-18(13-19(15-20)25(27)28)21(26)22-7-8-23-9-11-24(12-10-23)16-17-5-3-2-4-6-17/h2-6,13-15H,7-12,16H2,1H3,(H,22,26). The fourth-order valence-electron chi connectivity index (χ4n) is 3.48. The predicted octanol–water partition coefficient (Wildman–Crippen LogP) is 1.55. The third kappa shape index (κ3) is 6.58. The van der Waals surface area contributed by atoms with E-state index in [1.807, 2.05) is 18.2 Å². The maximum absolute atomic E-state index is 12.4. The molecular formula is C21H26N4O5S. The molecule has 9 nitrogen and oxygen atoms in total. The van der Waals surface area contributed by atoms with Crippen molar-refractivity contribution in [2.75, 3.05) is 45.5 Å². The number of piperazine rings is 1. The highest BCUT2D eigenvalue weighted by atomic mass is 32.2. The van der Waals surface area contributed by atoms with Crippen LogP contribution >= 0.6 is 0 Å². The minimum Gasteiger partial charge on any atom is -0.351 e. The number of nitro groups is 1. The molecule has 31 heavy (non-hydrogen) atoms. The third-order valence-corrected chi connectivity index (χ3v) is 6.31. The van der Waals surface area contributed by atoms with Gasteiger partial charge in [-0.15, -0.1) is 0 Å². The zero-order valence-electron chi connectivity index (χ0n) is 17.4. The number of nitrogens with one attached hydrogen (secondary N) is 1. The Bertz CT molecular complexity index is 1030. The molecule has 2 aromatic rings. The van der Waals surface area contributed by atoms with E-state index in [2.05, 4.69) is 27.2 Å². The molecule has 1 fully saturated rings. The molecule has 3 rings (SSSR count). The Kier molecular flexibility index (Phi) is 7.37. The summed E-state index contributed by atoms with van der Waals surface area (Å²) in [5, 5.41) is 13.8. The lowest BCUT2D eigenvalue weighted by Crippen LogP contribution is -2.48. The van der Waals surface area contributed by atoms with Crippen molar-refractivity contribution in [2.45, 2.75) is 11.4 Å². The van der Waals surface area contributed by atoms with Gasteiger partial charge in [-0.3, -0.25) is 24.7 Å². The summed E-state index contributed by atoms with van der Waals surface area (Å²) in [6.07, 6.45) is 0.950. The monoisotopic (exact) mass is 446 g/mol. The molecule has 0 unspecified atom stereocenters. The summed E-state index contributed by atoms with van der Waals surface area (Å²) in [6.45, 7) is 5.58. The van der Waals surface area contributed by atoms with Crippen molar-refractivity contribution in [3.63, 3.8) is 0 Å². The number of nitrogens with zero attached hydrogens (tertiary/aromatic N) is 3. The van der Waals surface area contributed by atoms with Gasteiger partial charge in [0.25, 0.3) is 11.6 Å². The van der Waals surface area contributed by atoms with Crippen LogP contribution in [0.2, 0.25) is 0 Å². The molecule has 0 spiro atoms. The topological polar surface area (TPSA) is 113 Å². The second-order valence-electron chi connectivity index (χ2n) is 7.60. The van der Waals surface area contributed by atoms with E-state index in [9.17, 15) is 23.3 Å².